The lowest BCUT2D eigenvalue weighted by atomic mass is 9.89. The van der Waals surface area contributed by atoms with E-state index in [1.807, 2.05) is 23.2 Å². The largest absolute Gasteiger partial charge is 0.358 e. The van der Waals surface area contributed by atoms with Crippen molar-refractivity contribution in [3.05, 3.63) is 72.7 Å². The van der Waals surface area contributed by atoms with Crippen molar-refractivity contribution in [1.29, 1.82) is 0 Å². The second kappa shape index (κ2) is 8.99. The van der Waals surface area contributed by atoms with Gasteiger partial charge >= 0.3 is 0 Å². The van der Waals surface area contributed by atoms with Gasteiger partial charge in [-0.1, -0.05) is 11.6 Å². The third-order valence-corrected chi connectivity index (χ3v) is 6.50. The van der Waals surface area contributed by atoms with Crippen molar-refractivity contribution in [2.24, 2.45) is 0 Å². The minimum absolute atomic E-state index is 0.257. The highest BCUT2D eigenvalue weighted by Gasteiger charge is 2.28. The molecule has 32 heavy (non-hydrogen) atoms. The van der Waals surface area contributed by atoms with Gasteiger partial charge in [0, 0.05) is 78.9 Å². The summed E-state index contributed by atoms with van der Waals surface area (Å²) in [5.74, 6) is 0.560. The number of H-pyrrole nitrogens is 1. The molecule has 1 N–H and O–H groups in total. The number of imidazole rings is 1. The number of nitrogens with zero attached hydrogens (tertiary/aromatic N) is 4. The first-order chi connectivity index (χ1) is 15.7. The van der Waals surface area contributed by atoms with Crippen LogP contribution in [-0.4, -0.2) is 43.4 Å². The number of pyridine rings is 1. The van der Waals surface area contributed by atoms with E-state index in [9.17, 15) is 4.79 Å². The fourth-order valence-corrected chi connectivity index (χ4v) is 4.89. The molecule has 0 spiro atoms. The summed E-state index contributed by atoms with van der Waals surface area (Å²) in [5.41, 5.74) is 6.08. The van der Waals surface area contributed by atoms with Crippen LogP contribution in [0, 0.1) is 6.92 Å². The third kappa shape index (κ3) is 4.17. The molecule has 1 unspecified atom stereocenters. The first-order valence-corrected chi connectivity index (χ1v) is 11.4. The molecule has 1 amide bonds. The molecule has 1 saturated heterocycles. The molecule has 6 heteroatoms. The Kier molecular flexibility index (Phi) is 5.75. The number of nitrogens with one attached hydrogen (secondary N) is 1. The molecule has 0 bridgehead atoms. The predicted octanol–water partition coefficient (Wildman–Crippen LogP) is 4.92. The number of rotatable bonds is 6. The lowest BCUT2D eigenvalue weighted by molar-refractivity contribution is -0.132. The van der Waals surface area contributed by atoms with Crippen LogP contribution in [0.2, 0.25) is 0 Å². The van der Waals surface area contributed by atoms with Crippen molar-refractivity contribution in [3.63, 3.8) is 0 Å². The zero-order chi connectivity index (χ0) is 21.9. The maximum Gasteiger partial charge on any atom is 0.222 e. The highest BCUT2D eigenvalue weighted by Crippen LogP contribution is 2.39. The van der Waals surface area contributed by atoms with E-state index < -0.39 is 0 Å². The van der Waals surface area contributed by atoms with E-state index in [4.69, 9.17) is 0 Å². The molecular weight excluding hydrogens is 398 g/mol. The third-order valence-electron chi connectivity index (χ3n) is 6.50. The van der Waals surface area contributed by atoms with E-state index in [-0.39, 0.29) is 5.91 Å². The number of aryl methyl sites for hydroxylation is 2. The number of amides is 1. The van der Waals surface area contributed by atoms with Gasteiger partial charge in [0.2, 0.25) is 5.91 Å². The molecule has 1 aliphatic rings. The monoisotopic (exact) mass is 427 g/mol. The molecule has 1 fully saturated rings. The standard InChI is InChI=1S/C26H29N5O/c1-19-6-7-23-22(16-19)25(20-8-10-27-11-9-20)26(29-23)21-4-2-14-31(17-21)24(32)5-3-13-30-15-12-28-18-30/h6-12,15-16,18,21,29H,2-5,13-14,17H2,1H3. The minimum Gasteiger partial charge on any atom is -0.358 e. The topological polar surface area (TPSA) is 66.8 Å². The van der Waals surface area contributed by atoms with Crippen molar-refractivity contribution in [2.45, 2.75) is 45.1 Å². The number of carbonyl (C=O) groups is 1. The Morgan fingerprint density at radius 2 is 2.03 bits per heavy atom. The van der Waals surface area contributed by atoms with Gasteiger partial charge in [0.05, 0.1) is 6.33 Å². The highest BCUT2D eigenvalue weighted by molar-refractivity contribution is 5.98. The number of hydrogen-bond donors (Lipinski definition) is 1. The average molecular weight is 428 g/mol. The normalized spacial score (nSPS) is 16.5. The lowest BCUT2D eigenvalue weighted by Gasteiger charge is -2.33. The quantitative estimate of drug-likeness (QED) is 0.475. The lowest BCUT2D eigenvalue weighted by Crippen LogP contribution is -2.39. The van der Waals surface area contributed by atoms with Gasteiger partial charge in [-0.2, -0.15) is 0 Å². The second-order valence-corrected chi connectivity index (χ2v) is 8.78. The molecule has 6 nitrogen and oxygen atoms in total. The van der Waals surface area contributed by atoms with Crippen LogP contribution < -0.4 is 0 Å². The molecule has 5 rings (SSSR count). The Hall–Kier alpha value is -3.41. The van der Waals surface area contributed by atoms with Gasteiger partial charge in [-0.25, -0.2) is 4.98 Å². The highest BCUT2D eigenvalue weighted by atomic mass is 16.2. The Morgan fingerprint density at radius 3 is 2.84 bits per heavy atom. The first kappa shape index (κ1) is 20.5. The molecule has 1 aliphatic heterocycles. The summed E-state index contributed by atoms with van der Waals surface area (Å²) < 4.78 is 2.03. The molecule has 1 aromatic carbocycles. The SMILES string of the molecule is Cc1ccc2[nH]c(C3CCCN(C(=O)CCCn4ccnc4)C3)c(-c3ccncc3)c2c1. The smallest absolute Gasteiger partial charge is 0.222 e. The van der Waals surface area contributed by atoms with E-state index in [0.717, 1.165) is 44.4 Å². The van der Waals surface area contributed by atoms with Crippen molar-refractivity contribution in [3.8, 4) is 11.1 Å². The zero-order valence-electron chi connectivity index (χ0n) is 18.5. The van der Waals surface area contributed by atoms with Gasteiger partial charge < -0.3 is 14.5 Å². The van der Waals surface area contributed by atoms with Gasteiger partial charge in [-0.05, 0) is 56.0 Å². The van der Waals surface area contributed by atoms with Crippen LogP contribution in [0.5, 0.6) is 0 Å². The summed E-state index contributed by atoms with van der Waals surface area (Å²) in [6, 6.07) is 10.7. The van der Waals surface area contributed by atoms with Crippen LogP contribution in [0.15, 0.2) is 61.4 Å². The number of fused-ring (bicyclic) bond motifs is 1. The molecule has 3 aromatic heterocycles. The Labute approximate surface area is 188 Å². The van der Waals surface area contributed by atoms with E-state index in [0.29, 0.717) is 12.3 Å². The van der Waals surface area contributed by atoms with Crippen LogP contribution in [0.1, 0.15) is 42.9 Å². The number of benzene rings is 1. The number of aromatic nitrogens is 4. The molecule has 4 aromatic rings. The van der Waals surface area contributed by atoms with Crippen LogP contribution >= 0.6 is 0 Å². The summed E-state index contributed by atoms with van der Waals surface area (Å²) in [6.07, 6.45) is 12.8. The Morgan fingerprint density at radius 1 is 1.16 bits per heavy atom. The predicted molar refractivity (Wildman–Crippen MR) is 126 cm³/mol. The molecule has 0 radical (unpaired) electrons. The number of hydrogen-bond acceptors (Lipinski definition) is 3. The van der Waals surface area contributed by atoms with Gasteiger partial charge in [0.25, 0.3) is 0 Å². The molecule has 0 aliphatic carbocycles. The van der Waals surface area contributed by atoms with Gasteiger partial charge in [0.15, 0.2) is 0 Å². The van der Waals surface area contributed by atoms with Crippen LogP contribution in [-0.2, 0) is 11.3 Å². The molecule has 164 valence electrons. The van der Waals surface area contributed by atoms with E-state index in [1.54, 1.807) is 12.5 Å². The summed E-state index contributed by atoms with van der Waals surface area (Å²) >= 11 is 0. The summed E-state index contributed by atoms with van der Waals surface area (Å²) in [6.45, 7) is 4.59. The number of aromatic amines is 1. The zero-order valence-corrected chi connectivity index (χ0v) is 18.5. The molecule has 0 saturated carbocycles. The maximum absolute atomic E-state index is 13.0. The summed E-state index contributed by atoms with van der Waals surface area (Å²) in [5, 5.41) is 1.25. The van der Waals surface area contributed by atoms with E-state index in [2.05, 4.69) is 57.1 Å². The summed E-state index contributed by atoms with van der Waals surface area (Å²) in [7, 11) is 0. The van der Waals surface area contributed by atoms with Gasteiger partial charge in [-0.3, -0.25) is 9.78 Å². The Balaban J connectivity index is 1.38. The second-order valence-electron chi connectivity index (χ2n) is 8.78. The van der Waals surface area contributed by atoms with Crippen molar-refractivity contribution < 1.29 is 4.79 Å². The first-order valence-electron chi connectivity index (χ1n) is 11.4. The number of likely N-dealkylation sites (tertiary alicyclic amines) is 1. The fourth-order valence-electron chi connectivity index (χ4n) is 4.89. The van der Waals surface area contributed by atoms with Gasteiger partial charge in [-0.15, -0.1) is 0 Å². The van der Waals surface area contributed by atoms with Crippen molar-refractivity contribution in [2.75, 3.05) is 13.1 Å². The summed E-state index contributed by atoms with van der Waals surface area (Å²) in [4.78, 5) is 27.0. The molecular formula is C26H29N5O. The fraction of sp³-hybridized carbons (Fsp3) is 0.346. The van der Waals surface area contributed by atoms with Crippen LogP contribution in [0.3, 0.4) is 0 Å². The Bertz CT molecular complexity index is 1200. The van der Waals surface area contributed by atoms with Crippen LogP contribution in [0.4, 0.5) is 0 Å². The average Bonchev–Trinajstić information content (AvgIpc) is 3.47. The van der Waals surface area contributed by atoms with E-state index >= 15 is 0 Å². The maximum atomic E-state index is 13.0. The van der Waals surface area contributed by atoms with E-state index in [1.165, 1.54) is 27.8 Å². The molecule has 4 heterocycles. The van der Waals surface area contributed by atoms with Gasteiger partial charge in [0.1, 0.15) is 0 Å². The van der Waals surface area contributed by atoms with Crippen molar-refractivity contribution >= 4 is 16.8 Å². The van der Waals surface area contributed by atoms with Crippen LogP contribution in [0.25, 0.3) is 22.0 Å². The van der Waals surface area contributed by atoms with Crippen molar-refractivity contribution in [1.82, 2.24) is 24.4 Å². The number of carbonyl (C=O) groups excluding carboxylic acids is 1. The molecule has 1 atom stereocenters. The number of piperidine rings is 1. The minimum atomic E-state index is 0.257.